The molecule has 2 saturated heterocycles. The monoisotopic (exact) mass is 487 g/mol. The number of likely N-dealkylation sites (tertiary alicyclic amines) is 1. The Balaban J connectivity index is 1.42. The second kappa shape index (κ2) is 9.32. The van der Waals surface area contributed by atoms with Gasteiger partial charge in [0.2, 0.25) is 17.7 Å². The van der Waals surface area contributed by atoms with Gasteiger partial charge in [-0.25, -0.2) is 0 Å². The quantitative estimate of drug-likeness (QED) is 0.576. The maximum Gasteiger partial charge on any atom is 0.246 e. The van der Waals surface area contributed by atoms with Crippen molar-refractivity contribution in [3.63, 3.8) is 0 Å². The highest BCUT2D eigenvalue weighted by Crippen LogP contribution is 2.55. The normalized spacial score (nSPS) is 32.2. The number of carbonyl (C=O) groups is 3. The maximum absolute atomic E-state index is 13.7. The van der Waals surface area contributed by atoms with E-state index in [1.54, 1.807) is 31.4 Å². The Hall–Kier alpha value is -2.42. The van der Waals surface area contributed by atoms with E-state index in [0.29, 0.717) is 10.7 Å². The number of methoxy groups -OCH3 is 1. The third-order valence-electron chi connectivity index (χ3n) is 7.51. The van der Waals surface area contributed by atoms with Gasteiger partial charge in [-0.15, -0.1) is 0 Å². The molecule has 3 aliphatic heterocycles. The van der Waals surface area contributed by atoms with E-state index in [1.807, 2.05) is 12.2 Å². The van der Waals surface area contributed by atoms with E-state index in [4.69, 9.17) is 21.1 Å². The van der Waals surface area contributed by atoms with E-state index in [2.05, 4.69) is 10.6 Å². The summed E-state index contributed by atoms with van der Waals surface area (Å²) < 4.78 is 11.5. The van der Waals surface area contributed by atoms with Gasteiger partial charge < -0.3 is 25.0 Å². The molecule has 5 atom stereocenters. The summed E-state index contributed by atoms with van der Waals surface area (Å²) in [7, 11) is 1.56. The predicted octanol–water partition coefficient (Wildman–Crippen LogP) is 2.52. The minimum Gasteiger partial charge on any atom is -0.383 e. The van der Waals surface area contributed by atoms with Crippen LogP contribution in [0.15, 0.2) is 36.4 Å². The zero-order valence-corrected chi connectivity index (χ0v) is 19.9. The van der Waals surface area contributed by atoms with Gasteiger partial charge in [0.1, 0.15) is 11.6 Å². The summed E-state index contributed by atoms with van der Waals surface area (Å²) in [5.74, 6) is -2.31. The molecule has 182 valence electrons. The largest absolute Gasteiger partial charge is 0.383 e. The van der Waals surface area contributed by atoms with Gasteiger partial charge in [-0.05, 0) is 31.0 Å². The van der Waals surface area contributed by atoms with Crippen LogP contribution in [0.25, 0.3) is 0 Å². The van der Waals surface area contributed by atoms with Gasteiger partial charge in [0.15, 0.2) is 0 Å². The second-order valence-electron chi connectivity index (χ2n) is 9.57. The van der Waals surface area contributed by atoms with Crippen molar-refractivity contribution in [1.29, 1.82) is 0 Å². The predicted molar refractivity (Wildman–Crippen MR) is 126 cm³/mol. The zero-order valence-electron chi connectivity index (χ0n) is 19.2. The Morgan fingerprint density at radius 3 is 2.76 bits per heavy atom. The topological polar surface area (TPSA) is 97.0 Å². The maximum atomic E-state index is 13.7. The number of rotatable bonds is 7. The van der Waals surface area contributed by atoms with E-state index in [-0.39, 0.29) is 36.9 Å². The van der Waals surface area contributed by atoms with Gasteiger partial charge in [0.25, 0.3) is 0 Å². The van der Waals surface area contributed by atoms with Crippen molar-refractivity contribution in [3.8, 4) is 0 Å². The van der Waals surface area contributed by atoms with Gasteiger partial charge in [0.05, 0.1) is 24.5 Å². The van der Waals surface area contributed by atoms with Crippen LogP contribution in [0.2, 0.25) is 5.02 Å². The molecule has 3 fully saturated rings. The number of hydrogen-bond donors (Lipinski definition) is 2. The number of halogens is 1. The molecule has 0 unspecified atom stereocenters. The molecule has 4 aliphatic rings. The average molecular weight is 488 g/mol. The van der Waals surface area contributed by atoms with Crippen LogP contribution in [-0.2, 0) is 23.9 Å². The molecular weight excluding hydrogens is 458 g/mol. The highest BCUT2D eigenvalue weighted by molar-refractivity contribution is 6.30. The molecule has 1 aliphatic carbocycles. The highest BCUT2D eigenvalue weighted by atomic mass is 35.5. The van der Waals surface area contributed by atoms with Gasteiger partial charge in [0, 0.05) is 30.4 Å². The van der Waals surface area contributed by atoms with E-state index in [9.17, 15) is 14.4 Å². The molecule has 1 aromatic rings. The molecule has 9 heteroatoms. The van der Waals surface area contributed by atoms with Crippen molar-refractivity contribution in [3.05, 3.63) is 41.4 Å². The molecule has 2 bridgehead atoms. The van der Waals surface area contributed by atoms with Crippen molar-refractivity contribution < 1.29 is 23.9 Å². The van der Waals surface area contributed by atoms with Gasteiger partial charge in [-0.1, -0.05) is 49.1 Å². The zero-order chi connectivity index (χ0) is 23.9. The van der Waals surface area contributed by atoms with Crippen LogP contribution in [0.3, 0.4) is 0 Å². The number of amides is 3. The highest BCUT2D eigenvalue weighted by Gasteiger charge is 2.72. The molecule has 8 nitrogen and oxygen atoms in total. The summed E-state index contributed by atoms with van der Waals surface area (Å²) in [6, 6.07) is 6.12. The fourth-order valence-electron chi connectivity index (χ4n) is 6.02. The Bertz CT molecular complexity index is 1010. The summed E-state index contributed by atoms with van der Waals surface area (Å²) in [4.78, 5) is 42.2. The van der Waals surface area contributed by atoms with Crippen molar-refractivity contribution in [2.24, 2.45) is 11.8 Å². The molecule has 1 aromatic carbocycles. The average Bonchev–Trinajstić information content (AvgIpc) is 3.45. The first kappa shape index (κ1) is 23.3. The van der Waals surface area contributed by atoms with Crippen molar-refractivity contribution in [2.75, 3.05) is 25.6 Å². The number of carbonyl (C=O) groups excluding carboxylic acids is 3. The molecule has 5 rings (SSSR count). The van der Waals surface area contributed by atoms with E-state index in [1.165, 1.54) is 11.3 Å². The standard InChI is InChI=1S/C25H30ClN3O5/c1-33-13-12-29-21(23(31)27-16-7-3-2-4-8-16)25-11-10-18(34-25)19(20(25)24(29)32)22(30)28-17-9-5-6-15(26)14-17/h5-6,9-11,14,16,18-21H,2-4,7-8,12-13H2,1H3,(H,27,31)(H,28,30)/t18-,19+,20-,21+,25+/m1/s1. The lowest BCUT2D eigenvalue weighted by atomic mass is 9.74. The molecule has 34 heavy (non-hydrogen) atoms. The number of nitrogens with one attached hydrogen (secondary N) is 2. The summed E-state index contributed by atoms with van der Waals surface area (Å²) in [6.45, 7) is 0.537. The number of fused-ring (bicyclic) bond motifs is 1. The number of nitrogens with zero attached hydrogens (tertiary/aromatic N) is 1. The molecule has 0 radical (unpaired) electrons. The first-order valence-electron chi connectivity index (χ1n) is 12.0. The lowest BCUT2D eigenvalue weighted by Gasteiger charge is -2.34. The van der Waals surface area contributed by atoms with E-state index in [0.717, 1.165) is 25.7 Å². The van der Waals surface area contributed by atoms with E-state index >= 15 is 0 Å². The Kier molecular flexibility index (Phi) is 6.39. The minimum atomic E-state index is -1.16. The molecule has 3 heterocycles. The van der Waals surface area contributed by atoms with Crippen molar-refractivity contribution in [1.82, 2.24) is 10.2 Å². The molecule has 2 N–H and O–H groups in total. The second-order valence-corrected chi connectivity index (χ2v) is 10.0. The van der Waals surface area contributed by atoms with Crippen LogP contribution in [0, 0.1) is 11.8 Å². The minimum absolute atomic E-state index is 0.0978. The Labute approximate surface area is 204 Å². The first-order valence-corrected chi connectivity index (χ1v) is 12.4. The van der Waals surface area contributed by atoms with Crippen LogP contribution >= 0.6 is 11.6 Å². The van der Waals surface area contributed by atoms with E-state index < -0.39 is 29.6 Å². The van der Waals surface area contributed by atoms with Crippen LogP contribution in [-0.4, -0.2) is 66.7 Å². The van der Waals surface area contributed by atoms with Gasteiger partial charge >= 0.3 is 0 Å². The molecule has 1 saturated carbocycles. The smallest absolute Gasteiger partial charge is 0.246 e. The van der Waals surface area contributed by atoms with Crippen LogP contribution < -0.4 is 10.6 Å². The van der Waals surface area contributed by atoms with Crippen LogP contribution in [0.5, 0.6) is 0 Å². The van der Waals surface area contributed by atoms with Crippen molar-refractivity contribution in [2.45, 2.75) is 55.9 Å². The third-order valence-corrected chi connectivity index (χ3v) is 7.74. The molecule has 3 amide bonds. The number of ether oxygens (including phenoxy) is 2. The number of hydrogen-bond acceptors (Lipinski definition) is 5. The lowest BCUT2D eigenvalue weighted by molar-refractivity contribution is -0.142. The molecule has 1 spiro atoms. The number of anilines is 1. The summed E-state index contributed by atoms with van der Waals surface area (Å²) in [5.41, 5.74) is -0.614. The SMILES string of the molecule is COCCN1C(=O)[C@H]2[C@@H](C(=O)Nc3cccc(Cl)c3)[C@H]3C=C[C@@]2(O3)[C@@H]1C(=O)NC1CCCCC1. The fourth-order valence-corrected chi connectivity index (χ4v) is 6.21. The van der Waals surface area contributed by atoms with Crippen LogP contribution in [0.4, 0.5) is 5.69 Å². The summed E-state index contributed by atoms with van der Waals surface area (Å²) in [6.07, 6.45) is 8.28. The first-order chi connectivity index (χ1) is 16.4. The summed E-state index contributed by atoms with van der Waals surface area (Å²) in [5, 5.41) is 6.54. The fraction of sp³-hybridized carbons (Fsp3) is 0.560. The van der Waals surface area contributed by atoms with Gasteiger partial charge in [-0.3, -0.25) is 14.4 Å². The third kappa shape index (κ3) is 3.91. The summed E-state index contributed by atoms with van der Waals surface area (Å²) >= 11 is 6.06. The van der Waals surface area contributed by atoms with Crippen LogP contribution in [0.1, 0.15) is 32.1 Å². The number of benzene rings is 1. The molecular formula is C25H30ClN3O5. The lowest BCUT2D eigenvalue weighted by Crippen LogP contribution is -2.57. The van der Waals surface area contributed by atoms with Crippen molar-refractivity contribution >= 4 is 35.0 Å². The molecule has 0 aromatic heterocycles. The van der Waals surface area contributed by atoms with Gasteiger partial charge in [-0.2, -0.15) is 0 Å². The Morgan fingerprint density at radius 2 is 2.03 bits per heavy atom. The Morgan fingerprint density at radius 1 is 1.24 bits per heavy atom.